The number of carbonyl (C=O) groups is 4. The van der Waals surface area contributed by atoms with Gasteiger partial charge in [-0.1, -0.05) is 50.6 Å². The van der Waals surface area contributed by atoms with Crippen molar-refractivity contribution in [3.8, 4) is 11.8 Å². The second kappa shape index (κ2) is 17.1. The van der Waals surface area contributed by atoms with E-state index in [1.807, 2.05) is 19.9 Å². The fourth-order valence-corrected chi connectivity index (χ4v) is 9.19. The summed E-state index contributed by atoms with van der Waals surface area (Å²) in [6.07, 6.45) is -3.12. The molecule has 2 aliphatic heterocycles. The largest absolute Gasteiger partial charge is 0.478 e. The molecule has 3 heterocycles. The van der Waals surface area contributed by atoms with E-state index in [0.717, 1.165) is 0 Å². The van der Waals surface area contributed by atoms with Gasteiger partial charge in [-0.25, -0.2) is 13.2 Å². The van der Waals surface area contributed by atoms with Crippen LogP contribution in [-0.2, 0) is 29.1 Å². The standard InChI is InChI=1S/C39H49ClF3N5O9S/c1-5-15-55-31-18-28-27(11-8-12-29(28)40)34(44-31)57-25-17-30-33(49)46-38(36(51)47-58(53,54)26-13-14-26)19-24(38)10-7-6-9-21(2)16-22(3)32(35(50)48(30)20-25)45-37(52)56-23(4)39(41,42)43/h7-8,10-12,18,21-26,30,32H,5-6,9,13-17,19-20H2,1-4H3,(H,45,52)(H,46,49)(H,47,51). The first-order valence-electron chi connectivity index (χ1n) is 19.6. The lowest BCUT2D eigenvalue weighted by atomic mass is 9.88. The second-order valence-electron chi connectivity index (χ2n) is 15.9. The second-order valence-corrected chi connectivity index (χ2v) is 18.3. The van der Waals surface area contributed by atoms with E-state index in [4.69, 9.17) is 21.1 Å². The Morgan fingerprint density at radius 3 is 2.57 bits per heavy atom. The van der Waals surface area contributed by atoms with Gasteiger partial charge >= 0.3 is 12.3 Å². The summed E-state index contributed by atoms with van der Waals surface area (Å²) < 4.78 is 84.9. The number of pyridine rings is 1. The molecule has 14 nitrogen and oxygen atoms in total. The van der Waals surface area contributed by atoms with E-state index < -0.39 is 86.9 Å². The number of amides is 4. The van der Waals surface area contributed by atoms with Crippen LogP contribution in [0.5, 0.6) is 11.8 Å². The van der Waals surface area contributed by atoms with Crippen LogP contribution >= 0.6 is 11.6 Å². The molecule has 2 aliphatic carbocycles. The lowest BCUT2D eigenvalue weighted by Crippen LogP contribution is -2.59. The summed E-state index contributed by atoms with van der Waals surface area (Å²) in [6.45, 7) is 6.30. The number of halogens is 4. The predicted octanol–water partition coefficient (Wildman–Crippen LogP) is 5.57. The Hall–Kier alpha value is -4.32. The Bertz CT molecular complexity index is 2050. The summed E-state index contributed by atoms with van der Waals surface area (Å²) in [7, 11) is -3.99. The maximum atomic E-state index is 14.7. The molecule has 318 valence electrons. The third-order valence-corrected chi connectivity index (χ3v) is 13.3. The number of benzene rings is 1. The highest BCUT2D eigenvalue weighted by atomic mass is 35.5. The molecule has 4 amide bonds. The van der Waals surface area contributed by atoms with E-state index in [2.05, 4.69) is 25.1 Å². The van der Waals surface area contributed by atoms with E-state index in [0.29, 0.717) is 67.9 Å². The third-order valence-electron chi connectivity index (χ3n) is 11.1. The van der Waals surface area contributed by atoms with E-state index in [1.54, 1.807) is 37.3 Å². The van der Waals surface area contributed by atoms with Crippen molar-refractivity contribution in [1.29, 1.82) is 0 Å². The van der Waals surface area contributed by atoms with Crippen LogP contribution < -0.4 is 24.8 Å². The summed E-state index contributed by atoms with van der Waals surface area (Å²) in [4.78, 5) is 61.7. The lowest BCUT2D eigenvalue weighted by Gasteiger charge is -2.33. The number of nitrogens with one attached hydrogen (secondary N) is 3. The summed E-state index contributed by atoms with van der Waals surface area (Å²) in [5, 5.41) is 5.91. The molecule has 1 aromatic heterocycles. The molecular formula is C39H49ClF3N5O9S. The highest BCUT2D eigenvalue weighted by Crippen LogP contribution is 2.46. The quantitative estimate of drug-likeness (QED) is 0.256. The van der Waals surface area contributed by atoms with Crippen LogP contribution in [0.3, 0.4) is 0 Å². The van der Waals surface area contributed by atoms with Crippen molar-refractivity contribution < 1.29 is 55.0 Å². The summed E-state index contributed by atoms with van der Waals surface area (Å²) in [5.74, 6) is -3.39. The minimum Gasteiger partial charge on any atom is -0.478 e. The number of rotatable bonds is 10. The van der Waals surface area contributed by atoms with Crippen LogP contribution in [0.2, 0.25) is 5.02 Å². The van der Waals surface area contributed by atoms with Gasteiger partial charge in [0.05, 0.1) is 18.4 Å². The van der Waals surface area contributed by atoms with Crippen molar-refractivity contribution in [3.05, 3.63) is 41.4 Å². The molecule has 3 fully saturated rings. The van der Waals surface area contributed by atoms with Gasteiger partial charge in [-0.2, -0.15) is 18.2 Å². The number of hydrogen-bond acceptors (Lipinski definition) is 10. The molecule has 19 heteroatoms. The van der Waals surface area contributed by atoms with Crippen molar-refractivity contribution >= 4 is 56.2 Å². The number of ether oxygens (including phenoxy) is 3. The summed E-state index contributed by atoms with van der Waals surface area (Å²) in [6, 6.07) is 4.00. The van der Waals surface area contributed by atoms with Crippen LogP contribution in [0.25, 0.3) is 10.8 Å². The molecule has 58 heavy (non-hydrogen) atoms. The Labute approximate surface area is 340 Å². The number of fused-ring (bicyclic) bond motifs is 3. The Kier molecular flexibility index (Phi) is 12.8. The van der Waals surface area contributed by atoms with E-state index >= 15 is 0 Å². The van der Waals surface area contributed by atoms with Gasteiger partial charge in [-0.3, -0.25) is 19.1 Å². The van der Waals surface area contributed by atoms with Gasteiger partial charge in [-0.05, 0) is 75.8 Å². The van der Waals surface area contributed by atoms with Crippen LogP contribution in [0.1, 0.15) is 79.1 Å². The average Bonchev–Trinajstić information content (AvgIpc) is 4.08. The van der Waals surface area contributed by atoms with Crippen LogP contribution in [-0.4, -0.2) is 96.5 Å². The molecule has 8 atom stereocenters. The SMILES string of the molecule is CCCOc1cc2c(Cl)cccc2c(OC2CC3C(=O)NC4(C(=O)NS(=O)(=O)C5CC5)CC4C=CCCC(C)CC(C)C(NC(=O)OC(C)C(F)(F)F)C(=O)N3C2)n1. The molecule has 4 aliphatic rings. The normalized spacial score (nSPS) is 28.6. The van der Waals surface area contributed by atoms with Gasteiger partial charge < -0.3 is 29.7 Å². The molecule has 0 bridgehead atoms. The lowest BCUT2D eigenvalue weighted by molar-refractivity contribution is -0.197. The molecule has 1 saturated heterocycles. The number of carbonyl (C=O) groups excluding carboxylic acids is 4. The zero-order valence-corrected chi connectivity index (χ0v) is 34.2. The number of aromatic nitrogens is 1. The van der Waals surface area contributed by atoms with E-state index in [1.165, 1.54) is 4.90 Å². The van der Waals surface area contributed by atoms with Crippen molar-refractivity contribution in [2.45, 2.75) is 120 Å². The topological polar surface area (TPSA) is 182 Å². The van der Waals surface area contributed by atoms with Gasteiger partial charge in [0.25, 0.3) is 5.91 Å². The average molecular weight is 856 g/mol. The molecule has 6 rings (SSSR count). The predicted molar refractivity (Wildman–Crippen MR) is 206 cm³/mol. The zero-order valence-electron chi connectivity index (χ0n) is 32.6. The first-order valence-corrected chi connectivity index (χ1v) is 21.5. The van der Waals surface area contributed by atoms with Gasteiger partial charge in [0.15, 0.2) is 6.10 Å². The Balaban J connectivity index is 1.36. The van der Waals surface area contributed by atoms with Gasteiger partial charge in [-0.15, -0.1) is 0 Å². The number of hydrogen-bond donors (Lipinski definition) is 3. The third kappa shape index (κ3) is 9.75. The highest BCUT2D eigenvalue weighted by Gasteiger charge is 2.62. The molecule has 1 aromatic carbocycles. The first-order chi connectivity index (χ1) is 27.3. The van der Waals surface area contributed by atoms with Crippen molar-refractivity contribution in [3.63, 3.8) is 0 Å². The molecule has 8 unspecified atom stereocenters. The maximum absolute atomic E-state index is 14.7. The van der Waals surface area contributed by atoms with Gasteiger partial charge in [0.1, 0.15) is 23.7 Å². The minimum atomic E-state index is -4.86. The fourth-order valence-electron chi connectivity index (χ4n) is 7.60. The van der Waals surface area contributed by atoms with E-state index in [-0.39, 0.29) is 37.1 Å². The molecule has 3 N–H and O–H groups in total. The first kappa shape index (κ1) is 43.3. The molecule has 2 saturated carbocycles. The van der Waals surface area contributed by atoms with Crippen molar-refractivity contribution in [2.24, 2.45) is 17.8 Å². The van der Waals surface area contributed by atoms with Gasteiger partial charge in [0, 0.05) is 34.2 Å². The van der Waals surface area contributed by atoms with Crippen molar-refractivity contribution in [2.75, 3.05) is 13.2 Å². The highest BCUT2D eigenvalue weighted by molar-refractivity contribution is 7.91. The van der Waals surface area contributed by atoms with E-state index in [9.17, 15) is 40.8 Å². The van der Waals surface area contributed by atoms with Crippen LogP contribution in [0.15, 0.2) is 36.4 Å². The number of nitrogens with zero attached hydrogens (tertiary/aromatic N) is 2. The molecule has 0 radical (unpaired) electrons. The number of allylic oxidation sites excluding steroid dienone is 1. The monoisotopic (exact) mass is 855 g/mol. The van der Waals surface area contributed by atoms with Crippen LogP contribution in [0.4, 0.5) is 18.0 Å². The fraction of sp³-hybridized carbons (Fsp3) is 0.615. The Morgan fingerprint density at radius 2 is 1.88 bits per heavy atom. The van der Waals surface area contributed by atoms with Crippen molar-refractivity contribution in [1.82, 2.24) is 25.2 Å². The number of sulfonamides is 1. The molecular weight excluding hydrogens is 807 g/mol. The smallest absolute Gasteiger partial charge is 0.425 e. The van der Waals surface area contributed by atoms with Gasteiger partial charge in [0.2, 0.25) is 33.6 Å². The summed E-state index contributed by atoms with van der Waals surface area (Å²) >= 11 is 6.54. The molecule has 0 spiro atoms. The zero-order chi connectivity index (χ0) is 42.2. The maximum Gasteiger partial charge on any atom is 0.425 e. The number of alkyl halides is 3. The molecule has 2 aromatic rings. The Morgan fingerprint density at radius 1 is 1.14 bits per heavy atom. The summed E-state index contributed by atoms with van der Waals surface area (Å²) in [5.41, 5.74) is -1.64. The minimum absolute atomic E-state index is 0.0402. The van der Waals surface area contributed by atoms with Crippen LogP contribution in [0, 0.1) is 17.8 Å². The number of alkyl carbamates (subject to hydrolysis) is 1.